The summed E-state index contributed by atoms with van der Waals surface area (Å²) in [6, 6.07) is 1.49. The highest BCUT2D eigenvalue weighted by Gasteiger charge is 2.72. The molecule has 33 heavy (non-hydrogen) atoms. The van der Waals surface area contributed by atoms with Crippen LogP contribution in [0.4, 0.5) is 0 Å². The van der Waals surface area contributed by atoms with E-state index >= 15 is 0 Å². The van der Waals surface area contributed by atoms with Crippen molar-refractivity contribution in [3.63, 3.8) is 0 Å². The van der Waals surface area contributed by atoms with Gasteiger partial charge in [-0.2, -0.15) is 0 Å². The first-order chi connectivity index (χ1) is 15.3. The molecule has 1 aromatic carbocycles. The molecule has 10 nitrogen and oxygen atoms in total. The molecule has 7 unspecified atom stereocenters. The van der Waals surface area contributed by atoms with Crippen molar-refractivity contribution in [3.8, 4) is 5.75 Å². The summed E-state index contributed by atoms with van der Waals surface area (Å²) < 4.78 is 0.475. The van der Waals surface area contributed by atoms with Gasteiger partial charge in [0.2, 0.25) is 5.91 Å². The molecule has 0 aromatic heterocycles. The number of aliphatic hydroxyl groups excluding tert-OH is 1. The Morgan fingerprint density at radius 1 is 1.15 bits per heavy atom. The van der Waals surface area contributed by atoms with Gasteiger partial charge in [-0.3, -0.25) is 28.9 Å². The summed E-state index contributed by atoms with van der Waals surface area (Å²) in [4.78, 5) is 66.6. The number of fused-ring (bicyclic) bond motifs is 3. The van der Waals surface area contributed by atoms with Crippen LogP contribution in [0, 0.1) is 23.7 Å². The summed E-state index contributed by atoms with van der Waals surface area (Å²) in [6.07, 6.45) is -1.64. The van der Waals surface area contributed by atoms with Crippen LogP contribution >= 0.6 is 15.9 Å². The van der Waals surface area contributed by atoms with E-state index in [2.05, 4.69) is 15.9 Å². The molecular formula is C22H23BrN2O8. The molecule has 8 atom stereocenters. The van der Waals surface area contributed by atoms with Crippen molar-refractivity contribution in [2.24, 2.45) is 29.4 Å². The molecule has 1 aromatic rings. The second-order valence-corrected chi connectivity index (χ2v) is 10.2. The van der Waals surface area contributed by atoms with E-state index < -0.39 is 82.1 Å². The quantitative estimate of drug-likeness (QED) is 0.360. The van der Waals surface area contributed by atoms with Crippen molar-refractivity contribution >= 4 is 45.0 Å². The number of amides is 1. The highest BCUT2D eigenvalue weighted by atomic mass is 79.9. The minimum Gasteiger partial charge on any atom is -0.507 e. The number of phenolic OH excluding ortho intramolecular Hbond substituents is 1. The molecule has 5 N–H and O–H groups in total. The first-order valence-corrected chi connectivity index (χ1v) is 11.1. The molecule has 0 spiro atoms. The number of aromatic hydroxyl groups is 1. The Kier molecular flexibility index (Phi) is 5.40. The zero-order chi connectivity index (χ0) is 24.7. The van der Waals surface area contributed by atoms with Crippen LogP contribution < -0.4 is 5.73 Å². The van der Waals surface area contributed by atoms with Crippen LogP contribution in [-0.4, -0.2) is 81.1 Å². The van der Waals surface area contributed by atoms with E-state index in [0.29, 0.717) is 10.0 Å². The number of phenols is 1. The van der Waals surface area contributed by atoms with E-state index in [-0.39, 0.29) is 5.56 Å². The average molecular weight is 523 g/mol. The standard InChI is InChI=1S/C22H23BrN2O8/c1-6-8-4-7(23)5-9(26)11(8)16(27)12-10(6)17(28)14-15(25(2)3)18(29)13(21(24)32)20(31)22(14,33)19(12)30/h4-6,10,12-15,17,26,28,33H,1-3H3,(H2,24,32)/t6?,10?,12?,13?,14?,15-,17?,22?/m0/s1. The molecule has 0 radical (unpaired) electrons. The minimum absolute atomic E-state index is 0.135. The largest absolute Gasteiger partial charge is 0.507 e. The molecule has 0 saturated heterocycles. The Bertz CT molecular complexity index is 1130. The highest BCUT2D eigenvalue weighted by Crippen LogP contribution is 2.54. The fourth-order valence-corrected chi connectivity index (χ4v) is 6.45. The molecule has 2 fully saturated rings. The van der Waals surface area contributed by atoms with Gasteiger partial charge in [-0.25, -0.2) is 0 Å². The maximum Gasteiger partial charge on any atom is 0.235 e. The SMILES string of the molecule is CC1c2cc(Br)cc(O)c2C(=O)C2C(=O)C3(O)C(=O)C(C(N)=O)C(=O)[C@@H](N(C)C)C3C(O)C21. The van der Waals surface area contributed by atoms with Gasteiger partial charge in [-0.05, 0) is 37.7 Å². The number of rotatable bonds is 2. The number of nitrogens with two attached hydrogens (primary N) is 1. The van der Waals surface area contributed by atoms with E-state index in [1.807, 2.05) is 0 Å². The number of nitrogens with zero attached hydrogens (tertiary/aromatic N) is 1. The zero-order valence-corrected chi connectivity index (χ0v) is 19.6. The van der Waals surface area contributed by atoms with Gasteiger partial charge >= 0.3 is 0 Å². The lowest BCUT2D eigenvalue weighted by atomic mass is 9.49. The van der Waals surface area contributed by atoms with Gasteiger partial charge in [0, 0.05) is 10.4 Å². The van der Waals surface area contributed by atoms with Gasteiger partial charge < -0.3 is 21.1 Å². The van der Waals surface area contributed by atoms with Crippen LogP contribution in [0.1, 0.15) is 28.8 Å². The van der Waals surface area contributed by atoms with Crippen molar-refractivity contribution in [3.05, 3.63) is 27.7 Å². The van der Waals surface area contributed by atoms with Gasteiger partial charge in [-0.1, -0.05) is 22.9 Å². The maximum atomic E-state index is 13.7. The topological polar surface area (TPSA) is 175 Å². The molecule has 3 aliphatic rings. The zero-order valence-electron chi connectivity index (χ0n) is 18.0. The number of halogens is 1. The van der Waals surface area contributed by atoms with Crippen LogP contribution in [-0.2, 0) is 19.2 Å². The lowest BCUT2D eigenvalue weighted by molar-refractivity contribution is -0.196. The number of Topliss-reactive ketones (excluding diaryl/α,β-unsaturated/α-hetero) is 4. The minimum atomic E-state index is -2.99. The summed E-state index contributed by atoms with van der Waals surface area (Å²) in [5.41, 5.74) is 2.53. The Morgan fingerprint density at radius 2 is 1.76 bits per heavy atom. The molecule has 11 heteroatoms. The number of benzene rings is 1. The highest BCUT2D eigenvalue weighted by molar-refractivity contribution is 9.10. The van der Waals surface area contributed by atoms with Gasteiger partial charge in [0.25, 0.3) is 0 Å². The molecular weight excluding hydrogens is 500 g/mol. The second-order valence-electron chi connectivity index (χ2n) is 9.25. The van der Waals surface area contributed by atoms with Crippen molar-refractivity contribution in [2.75, 3.05) is 14.1 Å². The molecule has 0 bridgehead atoms. The van der Waals surface area contributed by atoms with Crippen LogP contribution in [0.15, 0.2) is 16.6 Å². The van der Waals surface area contributed by atoms with Crippen molar-refractivity contribution in [1.29, 1.82) is 0 Å². The van der Waals surface area contributed by atoms with Crippen molar-refractivity contribution < 1.29 is 39.3 Å². The molecule has 2 saturated carbocycles. The Hall–Kier alpha value is -2.47. The second kappa shape index (κ2) is 7.52. The smallest absolute Gasteiger partial charge is 0.235 e. The number of carbonyl (C=O) groups is 5. The van der Waals surface area contributed by atoms with Crippen molar-refractivity contribution in [1.82, 2.24) is 4.90 Å². The van der Waals surface area contributed by atoms with Gasteiger partial charge in [-0.15, -0.1) is 0 Å². The van der Waals surface area contributed by atoms with E-state index in [1.165, 1.54) is 25.1 Å². The van der Waals surface area contributed by atoms with E-state index in [4.69, 9.17) is 5.73 Å². The normalized spacial score (nSPS) is 38.1. The van der Waals surface area contributed by atoms with E-state index in [1.54, 1.807) is 13.0 Å². The number of ketones is 4. The van der Waals surface area contributed by atoms with Crippen LogP contribution in [0.5, 0.6) is 5.75 Å². The number of primary amides is 1. The lowest BCUT2D eigenvalue weighted by Gasteiger charge is -2.56. The van der Waals surface area contributed by atoms with Gasteiger partial charge in [0.15, 0.2) is 34.7 Å². The molecule has 4 rings (SSSR count). The van der Waals surface area contributed by atoms with E-state index in [0.717, 1.165) is 0 Å². The van der Waals surface area contributed by atoms with E-state index in [9.17, 15) is 39.3 Å². The van der Waals surface area contributed by atoms with Gasteiger partial charge in [0.1, 0.15) is 5.75 Å². The summed E-state index contributed by atoms with van der Waals surface area (Å²) in [5, 5.41) is 33.3. The number of aliphatic hydroxyl groups is 2. The van der Waals surface area contributed by atoms with Crippen molar-refractivity contribution in [2.45, 2.75) is 30.6 Å². The summed E-state index contributed by atoms with van der Waals surface area (Å²) >= 11 is 3.25. The molecule has 0 heterocycles. The lowest BCUT2D eigenvalue weighted by Crippen LogP contribution is -2.77. The third kappa shape index (κ3) is 2.92. The average Bonchev–Trinajstić information content (AvgIpc) is 2.70. The van der Waals surface area contributed by atoms with Crippen LogP contribution in [0.3, 0.4) is 0 Å². The molecule has 1 amide bonds. The van der Waals surface area contributed by atoms with Crippen LogP contribution in [0.2, 0.25) is 0 Å². The third-order valence-corrected chi connectivity index (χ3v) is 7.85. The molecule has 0 aliphatic heterocycles. The molecule has 3 aliphatic carbocycles. The third-order valence-electron chi connectivity index (χ3n) is 7.39. The fourth-order valence-electron chi connectivity index (χ4n) is 5.98. The van der Waals surface area contributed by atoms with Gasteiger partial charge in [0.05, 0.1) is 29.5 Å². The predicted octanol–water partition coefficient (Wildman–Crippen LogP) is -0.839. The molecule has 176 valence electrons. The monoisotopic (exact) mass is 522 g/mol. The Balaban J connectivity index is 1.97. The first-order valence-electron chi connectivity index (χ1n) is 10.3. The predicted molar refractivity (Wildman–Crippen MR) is 115 cm³/mol. The Labute approximate surface area is 196 Å². The fraction of sp³-hybridized carbons (Fsp3) is 0.500. The number of hydrogen-bond donors (Lipinski definition) is 4. The number of likely N-dealkylation sites (N-methyl/N-ethyl adjacent to an activating group) is 1. The number of carbonyl (C=O) groups excluding carboxylic acids is 5. The maximum absolute atomic E-state index is 13.7. The number of hydrogen-bond acceptors (Lipinski definition) is 9. The van der Waals surface area contributed by atoms with Crippen LogP contribution in [0.25, 0.3) is 0 Å². The first kappa shape index (κ1) is 23.7. The summed E-state index contributed by atoms with van der Waals surface area (Å²) in [7, 11) is 2.89. The summed E-state index contributed by atoms with van der Waals surface area (Å²) in [6.45, 7) is 1.65. The summed E-state index contributed by atoms with van der Waals surface area (Å²) in [5.74, 6) is -13.2. The Morgan fingerprint density at radius 3 is 2.30 bits per heavy atom.